The second kappa shape index (κ2) is 5.17. The summed E-state index contributed by atoms with van der Waals surface area (Å²) in [5.41, 5.74) is 0.424. The fraction of sp³-hybridized carbons (Fsp3) is 0.312. The van der Waals surface area contributed by atoms with Crippen LogP contribution in [0.4, 0.5) is 0 Å². The standard InChI is InChI=1S/C16H18O2S/c1-11-5-10-15(19-11)16(3,12(2)17)13-6-8-14(18-4)9-7-13/h5-10H,1-4H3. The van der Waals surface area contributed by atoms with Gasteiger partial charge in [0.1, 0.15) is 11.5 Å². The maximum Gasteiger partial charge on any atom is 0.145 e. The third-order valence-corrected chi connectivity index (χ3v) is 4.83. The zero-order valence-electron chi connectivity index (χ0n) is 11.7. The normalized spacial score (nSPS) is 13.9. The molecule has 2 aromatic rings. The summed E-state index contributed by atoms with van der Waals surface area (Å²) in [6.45, 7) is 5.70. The van der Waals surface area contributed by atoms with Gasteiger partial charge in [-0.1, -0.05) is 12.1 Å². The molecular weight excluding hydrogens is 256 g/mol. The predicted octanol–water partition coefficient (Wildman–Crippen LogP) is 3.96. The van der Waals surface area contributed by atoms with E-state index in [1.54, 1.807) is 25.4 Å². The Morgan fingerprint density at radius 3 is 2.21 bits per heavy atom. The summed E-state index contributed by atoms with van der Waals surface area (Å²) in [5, 5.41) is 0. The van der Waals surface area contributed by atoms with Crippen molar-refractivity contribution in [2.24, 2.45) is 0 Å². The van der Waals surface area contributed by atoms with Gasteiger partial charge in [0, 0.05) is 9.75 Å². The number of carbonyl (C=O) groups is 1. The number of hydrogen-bond donors (Lipinski definition) is 0. The van der Waals surface area contributed by atoms with Crippen LogP contribution in [0, 0.1) is 6.92 Å². The summed E-state index contributed by atoms with van der Waals surface area (Å²) >= 11 is 1.68. The molecule has 3 heteroatoms. The van der Waals surface area contributed by atoms with Crippen LogP contribution >= 0.6 is 11.3 Å². The Hall–Kier alpha value is -1.61. The minimum Gasteiger partial charge on any atom is -0.497 e. The molecule has 1 atom stereocenters. The molecule has 1 aromatic heterocycles. The number of hydrogen-bond acceptors (Lipinski definition) is 3. The molecule has 0 amide bonds. The van der Waals surface area contributed by atoms with Crippen LogP contribution in [0.5, 0.6) is 5.75 Å². The molecule has 0 fully saturated rings. The average molecular weight is 274 g/mol. The number of Topliss-reactive ketones (excluding diaryl/α,β-unsaturated/α-hetero) is 1. The van der Waals surface area contributed by atoms with Crippen LogP contribution in [0.3, 0.4) is 0 Å². The maximum absolute atomic E-state index is 12.2. The highest BCUT2D eigenvalue weighted by molar-refractivity contribution is 7.12. The average Bonchev–Trinajstić information content (AvgIpc) is 2.84. The van der Waals surface area contributed by atoms with E-state index >= 15 is 0 Å². The number of aryl methyl sites for hydroxylation is 1. The fourth-order valence-corrected chi connectivity index (χ4v) is 3.23. The van der Waals surface area contributed by atoms with Crippen molar-refractivity contribution in [3.05, 3.63) is 51.7 Å². The smallest absolute Gasteiger partial charge is 0.145 e. The van der Waals surface area contributed by atoms with Gasteiger partial charge < -0.3 is 4.74 Å². The summed E-state index contributed by atoms with van der Waals surface area (Å²) in [4.78, 5) is 14.5. The number of thiophene rings is 1. The molecule has 0 saturated carbocycles. The highest BCUT2D eigenvalue weighted by atomic mass is 32.1. The van der Waals surface area contributed by atoms with Gasteiger partial charge in [-0.25, -0.2) is 0 Å². The van der Waals surface area contributed by atoms with Gasteiger partial charge >= 0.3 is 0 Å². The van der Waals surface area contributed by atoms with E-state index < -0.39 is 5.41 Å². The Bertz CT molecular complexity index is 583. The Labute approximate surface area is 118 Å². The Morgan fingerprint density at radius 1 is 1.16 bits per heavy atom. The van der Waals surface area contributed by atoms with Crippen LogP contribution in [-0.2, 0) is 10.2 Å². The molecule has 1 aromatic carbocycles. The SMILES string of the molecule is COc1ccc(C(C)(C(C)=O)c2ccc(C)s2)cc1. The van der Waals surface area contributed by atoms with Crippen LogP contribution in [-0.4, -0.2) is 12.9 Å². The van der Waals surface area contributed by atoms with Gasteiger partial charge in [-0.2, -0.15) is 0 Å². The summed E-state index contributed by atoms with van der Waals surface area (Å²) in [7, 11) is 1.64. The molecule has 0 bridgehead atoms. The van der Waals surface area contributed by atoms with E-state index in [2.05, 4.69) is 13.0 Å². The van der Waals surface area contributed by atoms with Gasteiger partial charge in [0.15, 0.2) is 0 Å². The molecule has 0 radical (unpaired) electrons. The molecule has 0 N–H and O–H groups in total. The van der Waals surface area contributed by atoms with Gasteiger partial charge in [-0.15, -0.1) is 11.3 Å². The van der Waals surface area contributed by atoms with Gasteiger partial charge in [-0.3, -0.25) is 4.79 Å². The van der Waals surface area contributed by atoms with E-state index in [0.717, 1.165) is 16.2 Å². The fourth-order valence-electron chi connectivity index (χ4n) is 2.15. The molecule has 0 aliphatic rings. The van der Waals surface area contributed by atoms with Crippen LogP contribution in [0.25, 0.3) is 0 Å². The lowest BCUT2D eigenvalue weighted by Gasteiger charge is -2.26. The van der Waals surface area contributed by atoms with E-state index in [-0.39, 0.29) is 5.78 Å². The van der Waals surface area contributed by atoms with Crippen molar-refractivity contribution in [3.63, 3.8) is 0 Å². The molecule has 0 spiro atoms. The summed E-state index contributed by atoms with van der Waals surface area (Å²) in [6, 6.07) is 11.8. The monoisotopic (exact) mass is 274 g/mol. The minimum absolute atomic E-state index is 0.152. The largest absolute Gasteiger partial charge is 0.497 e. The number of rotatable bonds is 4. The predicted molar refractivity (Wildman–Crippen MR) is 79.2 cm³/mol. The first kappa shape index (κ1) is 13.8. The summed E-state index contributed by atoms with van der Waals surface area (Å²) in [5.74, 6) is 0.955. The highest BCUT2D eigenvalue weighted by Gasteiger charge is 2.35. The zero-order chi connectivity index (χ0) is 14.0. The lowest BCUT2D eigenvalue weighted by Crippen LogP contribution is -2.30. The summed E-state index contributed by atoms with van der Waals surface area (Å²) < 4.78 is 5.17. The lowest BCUT2D eigenvalue weighted by molar-refractivity contribution is -0.120. The molecular formula is C16H18O2S. The first-order valence-corrected chi connectivity index (χ1v) is 7.02. The topological polar surface area (TPSA) is 26.3 Å². The Kier molecular flexibility index (Phi) is 3.76. The van der Waals surface area contributed by atoms with Crippen molar-refractivity contribution >= 4 is 17.1 Å². The van der Waals surface area contributed by atoms with E-state index in [1.165, 1.54) is 4.88 Å². The van der Waals surface area contributed by atoms with Crippen LogP contribution in [0.1, 0.15) is 29.2 Å². The third-order valence-electron chi connectivity index (χ3n) is 3.60. The number of methoxy groups -OCH3 is 1. The van der Waals surface area contributed by atoms with Crippen molar-refractivity contribution < 1.29 is 9.53 Å². The molecule has 1 unspecified atom stereocenters. The maximum atomic E-state index is 12.2. The Balaban J connectivity index is 2.52. The van der Waals surface area contributed by atoms with Crippen molar-refractivity contribution in [2.75, 3.05) is 7.11 Å². The second-order valence-electron chi connectivity index (χ2n) is 4.82. The van der Waals surface area contributed by atoms with Crippen molar-refractivity contribution in [1.29, 1.82) is 0 Å². The Morgan fingerprint density at radius 2 is 1.79 bits per heavy atom. The van der Waals surface area contributed by atoms with Crippen molar-refractivity contribution in [2.45, 2.75) is 26.2 Å². The number of ether oxygens (including phenoxy) is 1. The molecule has 100 valence electrons. The number of ketones is 1. The van der Waals surface area contributed by atoms with E-state index in [4.69, 9.17) is 4.74 Å². The first-order valence-electron chi connectivity index (χ1n) is 6.21. The van der Waals surface area contributed by atoms with Crippen molar-refractivity contribution in [3.8, 4) is 5.75 Å². The lowest BCUT2D eigenvalue weighted by atomic mass is 9.78. The number of carbonyl (C=O) groups excluding carboxylic acids is 1. The minimum atomic E-state index is -0.578. The molecule has 2 rings (SSSR count). The first-order chi connectivity index (χ1) is 8.98. The van der Waals surface area contributed by atoms with E-state index in [0.29, 0.717) is 0 Å². The van der Waals surface area contributed by atoms with Crippen LogP contribution in [0.2, 0.25) is 0 Å². The third kappa shape index (κ3) is 2.43. The van der Waals surface area contributed by atoms with Gasteiger partial charge in [0.05, 0.1) is 12.5 Å². The molecule has 0 aliphatic heterocycles. The van der Waals surface area contributed by atoms with Gasteiger partial charge in [0.2, 0.25) is 0 Å². The molecule has 0 aliphatic carbocycles. The zero-order valence-corrected chi connectivity index (χ0v) is 12.5. The molecule has 0 saturated heterocycles. The number of benzene rings is 1. The second-order valence-corrected chi connectivity index (χ2v) is 6.11. The van der Waals surface area contributed by atoms with Gasteiger partial charge in [0.25, 0.3) is 0 Å². The molecule has 1 heterocycles. The van der Waals surface area contributed by atoms with Crippen molar-refractivity contribution in [1.82, 2.24) is 0 Å². The van der Waals surface area contributed by atoms with Crippen LogP contribution < -0.4 is 4.74 Å². The van der Waals surface area contributed by atoms with E-state index in [9.17, 15) is 4.79 Å². The highest BCUT2D eigenvalue weighted by Crippen LogP contribution is 2.37. The molecule has 19 heavy (non-hydrogen) atoms. The van der Waals surface area contributed by atoms with Crippen LogP contribution in [0.15, 0.2) is 36.4 Å². The summed E-state index contributed by atoms with van der Waals surface area (Å²) in [6.07, 6.45) is 0. The van der Waals surface area contributed by atoms with E-state index in [1.807, 2.05) is 37.3 Å². The quantitative estimate of drug-likeness (QED) is 0.843. The van der Waals surface area contributed by atoms with Gasteiger partial charge in [-0.05, 0) is 50.6 Å². The molecule has 2 nitrogen and oxygen atoms in total.